The number of nitrogen functional groups attached to an aromatic ring is 1. The number of nitrogens with zero attached hydrogens (tertiary/aromatic N) is 1. The second-order valence-corrected chi connectivity index (χ2v) is 8.05. The molecule has 7 heteroatoms. The molecule has 1 heterocycles. The number of anilines is 1. The van der Waals surface area contributed by atoms with Crippen LogP contribution in [0.5, 0.6) is 0 Å². The Balaban J connectivity index is 2.51. The van der Waals surface area contributed by atoms with Crippen LogP contribution in [0.1, 0.15) is 26.7 Å². The standard InChI is InChI=1S/C13H18Cl2N2O2S/c1-8(2)12-4-3-5-17(12)20(18,19)13-10(15)6-9(14)7-11(13)16/h6-8,12H,3-5,16H2,1-2H3. The topological polar surface area (TPSA) is 63.4 Å². The van der Waals surface area contributed by atoms with Crippen molar-refractivity contribution in [1.82, 2.24) is 4.31 Å². The molecule has 4 nitrogen and oxygen atoms in total. The highest BCUT2D eigenvalue weighted by Gasteiger charge is 2.38. The number of benzene rings is 1. The molecule has 1 fully saturated rings. The quantitative estimate of drug-likeness (QED) is 0.860. The van der Waals surface area contributed by atoms with Gasteiger partial charge in [-0.05, 0) is 30.9 Å². The summed E-state index contributed by atoms with van der Waals surface area (Å²) < 4.78 is 27.2. The predicted octanol–water partition coefficient (Wildman–Crippen LogP) is 3.38. The average Bonchev–Trinajstić information content (AvgIpc) is 2.75. The minimum atomic E-state index is -3.69. The molecule has 0 aliphatic carbocycles. The minimum absolute atomic E-state index is 0.00820. The minimum Gasteiger partial charge on any atom is -0.398 e. The van der Waals surface area contributed by atoms with Gasteiger partial charge >= 0.3 is 0 Å². The van der Waals surface area contributed by atoms with E-state index in [1.807, 2.05) is 13.8 Å². The van der Waals surface area contributed by atoms with Gasteiger partial charge < -0.3 is 5.73 Å². The van der Waals surface area contributed by atoms with Crippen LogP contribution in [0.2, 0.25) is 10.0 Å². The van der Waals surface area contributed by atoms with Gasteiger partial charge in [-0.3, -0.25) is 0 Å². The molecule has 0 radical (unpaired) electrons. The fourth-order valence-corrected chi connectivity index (χ4v) is 5.47. The van der Waals surface area contributed by atoms with Crippen LogP contribution in [0, 0.1) is 5.92 Å². The van der Waals surface area contributed by atoms with Crippen molar-refractivity contribution in [2.24, 2.45) is 5.92 Å². The summed E-state index contributed by atoms with van der Waals surface area (Å²) in [6, 6.07) is 2.82. The van der Waals surface area contributed by atoms with Crippen molar-refractivity contribution in [2.75, 3.05) is 12.3 Å². The first kappa shape index (κ1) is 15.9. The van der Waals surface area contributed by atoms with E-state index in [0.29, 0.717) is 11.6 Å². The van der Waals surface area contributed by atoms with Gasteiger partial charge in [0.05, 0.1) is 10.7 Å². The van der Waals surface area contributed by atoms with Gasteiger partial charge in [0.15, 0.2) is 0 Å². The lowest BCUT2D eigenvalue weighted by molar-refractivity contribution is 0.316. The van der Waals surface area contributed by atoms with Crippen LogP contribution in [0.25, 0.3) is 0 Å². The molecular weight excluding hydrogens is 319 g/mol. The number of nitrogens with two attached hydrogens (primary N) is 1. The molecule has 1 aromatic rings. The van der Waals surface area contributed by atoms with Gasteiger partial charge in [0.2, 0.25) is 10.0 Å². The van der Waals surface area contributed by atoms with E-state index in [1.54, 1.807) is 0 Å². The van der Waals surface area contributed by atoms with Crippen molar-refractivity contribution in [1.29, 1.82) is 0 Å². The van der Waals surface area contributed by atoms with E-state index in [-0.39, 0.29) is 27.6 Å². The Labute approximate surface area is 129 Å². The van der Waals surface area contributed by atoms with E-state index in [9.17, 15) is 8.42 Å². The third-order valence-electron chi connectivity index (χ3n) is 3.62. The molecule has 2 rings (SSSR count). The summed E-state index contributed by atoms with van der Waals surface area (Å²) in [7, 11) is -3.69. The summed E-state index contributed by atoms with van der Waals surface area (Å²) in [5.41, 5.74) is 5.92. The predicted molar refractivity (Wildman–Crippen MR) is 82.6 cm³/mol. The fourth-order valence-electron chi connectivity index (χ4n) is 2.70. The van der Waals surface area contributed by atoms with Crippen molar-refractivity contribution < 1.29 is 8.42 Å². The number of rotatable bonds is 3. The lowest BCUT2D eigenvalue weighted by Crippen LogP contribution is -2.38. The third-order valence-corrected chi connectivity index (χ3v) is 6.29. The highest BCUT2D eigenvalue weighted by molar-refractivity contribution is 7.89. The van der Waals surface area contributed by atoms with E-state index in [2.05, 4.69) is 0 Å². The molecule has 1 atom stereocenters. The molecule has 2 N–H and O–H groups in total. The highest BCUT2D eigenvalue weighted by atomic mass is 35.5. The maximum Gasteiger partial charge on any atom is 0.246 e. The maximum absolute atomic E-state index is 12.8. The van der Waals surface area contributed by atoms with Crippen LogP contribution in [0.15, 0.2) is 17.0 Å². The first-order valence-corrected chi connectivity index (χ1v) is 8.71. The van der Waals surface area contributed by atoms with Crippen LogP contribution < -0.4 is 5.73 Å². The van der Waals surface area contributed by atoms with Gasteiger partial charge in [0, 0.05) is 17.6 Å². The summed E-state index contributed by atoms with van der Waals surface area (Å²) >= 11 is 11.9. The molecule has 1 saturated heterocycles. The first-order chi connectivity index (χ1) is 9.25. The monoisotopic (exact) mass is 336 g/mol. The number of hydrogen-bond acceptors (Lipinski definition) is 3. The van der Waals surface area contributed by atoms with Crippen molar-refractivity contribution in [3.8, 4) is 0 Å². The zero-order valence-electron chi connectivity index (χ0n) is 11.4. The molecule has 1 aliphatic rings. The Bertz CT molecular complexity index is 594. The molecule has 112 valence electrons. The Kier molecular flexibility index (Phi) is 4.54. The van der Waals surface area contributed by atoms with Crippen molar-refractivity contribution in [3.05, 3.63) is 22.2 Å². The molecule has 1 aromatic carbocycles. The first-order valence-electron chi connectivity index (χ1n) is 6.51. The highest BCUT2D eigenvalue weighted by Crippen LogP contribution is 2.37. The molecular formula is C13H18Cl2N2O2S. The number of hydrogen-bond donors (Lipinski definition) is 1. The van der Waals surface area contributed by atoms with Crippen molar-refractivity contribution in [3.63, 3.8) is 0 Å². The van der Waals surface area contributed by atoms with Crippen molar-refractivity contribution >= 4 is 38.9 Å². The van der Waals surface area contributed by atoms with Crippen molar-refractivity contribution in [2.45, 2.75) is 37.6 Å². The summed E-state index contributed by atoms with van der Waals surface area (Å²) in [5.74, 6) is 0.250. The van der Waals surface area contributed by atoms with E-state index in [1.165, 1.54) is 16.4 Å². The van der Waals surface area contributed by atoms with E-state index >= 15 is 0 Å². The van der Waals surface area contributed by atoms with E-state index < -0.39 is 10.0 Å². The summed E-state index contributed by atoms with van der Waals surface area (Å²) in [6.07, 6.45) is 1.72. The van der Waals surface area contributed by atoms with E-state index in [4.69, 9.17) is 28.9 Å². The largest absolute Gasteiger partial charge is 0.398 e. The zero-order chi connectivity index (χ0) is 15.1. The summed E-state index contributed by atoms with van der Waals surface area (Å²) in [5, 5.41) is 0.401. The summed E-state index contributed by atoms with van der Waals surface area (Å²) in [4.78, 5) is -0.0314. The van der Waals surface area contributed by atoms with Gasteiger partial charge in [-0.1, -0.05) is 37.0 Å². The second kappa shape index (κ2) is 5.72. The normalized spacial score (nSPS) is 20.8. The average molecular weight is 337 g/mol. The maximum atomic E-state index is 12.8. The van der Waals surface area contributed by atoms with Gasteiger partial charge in [0.1, 0.15) is 4.90 Å². The third kappa shape index (κ3) is 2.77. The lowest BCUT2D eigenvalue weighted by Gasteiger charge is -2.27. The van der Waals surface area contributed by atoms with Crippen LogP contribution in [-0.2, 0) is 10.0 Å². The second-order valence-electron chi connectivity index (χ2n) is 5.38. The van der Waals surface area contributed by atoms with Gasteiger partial charge in [-0.15, -0.1) is 0 Å². The Morgan fingerprint density at radius 2 is 2.00 bits per heavy atom. The van der Waals surface area contributed by atoms with Crippen LogP contribution in [0.4, 0.5) is 5.69 Å². The molecule has 0 bridgehead atoms. The Hall–Kier alpha value is -0.490. The molecule has 0 aromatic heterocycles. The van der Waals surface area contributed by atoms with Gasteiger partial charge in [-0.25, -0.2) is 8.42 Å². The van der Waals surface area contributed by atoms with E-state index in [0.717, 1.165) is 12.8 Å². The Morgan fingerprint density at radius 1 is 1.35 bits per heavy atom. The molecule has 1 unspecified atom stereocenters. The summed E-state index contributed by atoms with van der Waals surface area (Å²) in [6.45, 7) is 4.54. The van der Waals surface area contributed by atoms with Gasteiger partial charge in [0.25, 0.3) is 0 Å². The number of sulfonamides is 1. The fraction of sp³-hybridized carbons (Fsp3) is 0.538. The molecule has 20 heavy (non-hydrogen) atoms. The zero-order valence-corrected chi connectivity index (χ0v) is 13.8. The van der Waals surface area contributed by atoms with Gasteiger partial charge in [-0.2, -0.15) is 4.31 Å². The van der Waals surface area contributed by atoms with Crippen LogP contribution in [0.3, 0.4) is 0 Å². The number of halogens is 2. The van der Waals surface area contributed by atoms with Crippen LogP contribution in [-0.4, -0.2) is 25.3 Å². The molecule has 0 saturated carbocycles. The molecule has 0 amide bonds. The molecule has 1 aliphatic heterocycles. The van der Waals surface area contributed by atoms with Crippen LogP contribution >= 0.6 is 23.2 Å². The molecule has 0 spiro atoms. The smallest absolute Gasteiger partial charge is 0.246 e. The SMILES string of the molecule is CC(C)C1CCCN1S(=O)(=O)c1c(N)cc(Cl)cc1Cl. The lowest BCUT2D eigenvalue weighted by atomic mass is 10.0. The Morgan fingerprint density at radius 3 is 2.55 bits per heavy atom.